The lowest BCUT2D eigenvalue weighted by Crippen LogP contribution is -2.14. The van der Waals surface area contributed by atoms with Crippen LogP contribution >= 0.6 is 0 Å². The fourth-order valence-electron chi connectivity index (χ4n) is 1.28. The Labute approximate surface area is 97.0 Å². The van der Waals surface area contributed by atoms with Crippen LogP contribution in [0.3, 0.4) is 0 Å². The maximum absolute atomic E-state index is 8.87. The van der Waals surface area contributed by atoms with E-state index in [2.05, 4.69) is 11.4 Å². The van der Waals surface area contributed by atoms with Crippen molar-refractivity contribution in [3.8, 4) is 11.8 Å². The van der Waals surface area contributed by atoms with Crippen molar-refractivity contribution < 1.29 is 4.74 Å². The summed E-state index contributed by atoms with van der Waals surface area (Å²) in [6.07, 6.45) is 0.829. The van der Waals surface area contributed by atoms with E-state index in [0.29, 0.717) is 0 Å². The Bertz CT molecular complexity index is 363. The third-order valence-electron chi connectivity index (χ3n) is 2.47. The van der Waals surface area contributed by atoms with Crippen molar-refractivity contribution in [3.05, 3.63) is 24.3 Å². The molecule has 0 saturated carbocycles. The van der Waals surface area contributed by atoms with Gasteiger partial charge in [-0.15, -0.1) is 0 Å². The van der Waals surface area contributed by atoms with Crippen LogP contribution in [0.2, 0.25) is 0 Å². The van der Waals surface area contributed by atoms with Crippen molar-refractivity contribution in [2.24, 2.45) is 5.41 Å². The van der Waals surface area contributed by atoms with Gasteiger partial charge >= 0.3 is 0 Å². The van der Waals surface area contributed by atoms with E-state index in [1.54, 1.807) is 7.11 Å². The first-order valence-electron chi connectivity index (χ1n) is 5.36. The van der Waals surface area contributed by atoms with E-state index >= 15 is 0 Å². The van der Waals surface area contributed by atoms with Gasteiger partial charge in [0.25, 0.3) is 0 Å². The van der Waals surface area contributed by atoms with Crippen LogP contribution in [0.4, 0.5) is 5.69 Å². The van der Waals surface area contributed by atoms with E-state index in [1.165, 1.54) is 0 Å². The van der Waals surface area contributed by atoms with Crippen molar-refractivity contribution in [3.63, 3.8) is 0 Å². The maximum atomic E-state index is 8.87. The average molecular weight is 218 g/mol. The second-order valence-corrected chi connectivity index (χ2v) is 4.40. The highest BCUT2D eigenvalue weighted by molar-refractivity contribution is 5.46. The lowest BCUT2D eigenvalue weighted by Gasteiger charge is -2.15. The summed E-state index contributed by atoms with van der Waals surface area (Å²) in [6.45, 7) is 4.69. The third kappa shape index (κ3) is 3.82. The molecule has 0 aromatic heterocycles. The highest BCUT2D eigenvalue weighted by atomic mass is 16.5. The van der Waals surface area contributed by atoms with Crippen molar-refractivity contribution in [2.75, 3.05) is 19.0 Å². The summed E-state index contributed by atoms with van der Waals surface area (Å²) in [5, 5.41) is 12.1. The maximum Gasteiger partial charge on any atom is 0.119 e. The number of nitrogens with one attached hydrogen (secondary N) is 1. The highest BCUT2D eigenvalue weighted by Gasteiger charge is 2.15. The van der Waals surface area contributed by atoms with Crippen LogP contribution in [-0.4, -0.2) is 13.7 Å². The normalized spacial score (nSPS) is 10.6. The van der Waals surface area contributed by atoms with Gasteiger partial charge < -0.3 is 10.1 Å². The van der Waals surface area contributed by atoms with Crippen LogP contribution in [0.1, 0.15) is 20.3 Å². The molecule has 0 spiro atoms. The van der Waals surface area contributed by atoms with E-state index in [1.807, 2.05) is 38.1 Å². The lowest BCUT2D eigenvalue weighted by molar-refractivity contribution is 0.415. The SMILES string of the molecule is COc1ccc(NCCC(C)(C)C#N)cc1. The molecule has 0 atom stereocenters. The molecule has 0 fully saturated rings. The Morgan fingerprint density at radius 2 is 1.94 bits per heavy atom. The quantitative estimate of drug-likeness (QED) is 0.826. The summed E-state index contributed by atoms with van der Waals surface area (Å²) in [6, 6.07) is 10.1. The number of ether oxygens (including phenoxy) is 1. The molecule has 1 rings (SSSR count). The van der Waals surface area contributed by atoms with Gasteiger partial charge in [-0.1, -0.05) is 0 Å². The number of benzene rings is 1. The average Bonchev–Trinajstić information content (AvgIpc) is 2.30. The number of hydrogen-bond acceptors (Lipinski definition) is 3. The number of anilines is 1. The van der Waals surface area contributed by atoms with Crippen LogP contribution in [-0.2, 0) is 0 Å². The molecule has 86 valence electrons. The number of nitrogens with zero attached hydrogens (tertiary/aromatic N) is 1. The topological polar surface area (TPSA) is 45.0 Å². The van der Waals surface area contributed by atoms with Crippen LogP contribution in [0.25, 0.3) is 0 Å². The largest absolute Gasteiger partial charge is 0.497 e. The van der Waals surface area contributed by atoms with Crippen LogP contribution in [0, 0.1) is 16.7 Å². The predicted molar refractivity (Wildman–Crippen MR) is 65.5 cm³/mol. The zero-order valence-electron chi connectivity index (χ0n) is 10.1. The molecular formula is C13H18N2O. The molecule has 16 heavy (non-hydrogen) atoms. The lowest BCUT2D eigenvalue weighted by atomic mass is 9.91. The molecule has 0 saturated heterocycles. The molecule has 1 aromatic rings. The minimum absolute atomic E-state index is 0.264. The van der Waals surface area contributed by atoms with Gasteiger partial charge in [-0.2, -0.15) is 5.26 Å². The zero-order valence-corrected chi connectivity index (χ0v) is 10.1. The Balaban J connectivity index is 2.41. The Hall–Kier alpha value is -1.69. The van der Waals surface area contributed by atoms with Gasteiger partial charge in [0.2, 0.25) is 0 Å². The summed E-state index contributed by atoms with van der Waals surface area (Å²) >= 11 is 0. The molecule has 3 nitrogen and oxygen atoms in total. The summed E-state index contributed by atoms with van der Waals surface area (Å²) in [4.78, 5) is 0. The van der Waals surface area contributed by atoms with Gasteiger partial charge in [-0.05, 0) is 44.5 Å². The van der Waals surface area contributed by atoms with Crippen molar-refractivity contribution in [2.45, 2.75) is 20.3 Å². The molecule has 0 heterocycles. The molecule has 0 aliphatic carbocycles. The van der Waals surface area contributed by atoms with E-state index in [9.17, 15) is 0 Å². The van der Waals surface area contributed by atoms with Gasteiger partial charge in [0.05, 0.1) is 18.6 Å². The second-order valence-electron chi connectivity index (χ2n) is 4.40. The smallest absolute Gasteiger partial charge is 0.119 e. The number of nitriles is 1. The summed E-state index contributed by atoms with van der Waals surface area (Å²) in [5.74, 6) is 0.850. The summed E-state index contributed by atoms with van der Waals surface area (Å²) in [7, 11) is 1.65. The monoisotopic (exact) mass is 218 g/mol. The first-order valence-corrected chi connectivity index (χ1v) is 5.36. The van der Waals surface area contributed by atoms with Gasteiger partial charge in [0.15, 0.2) is 0 Å². The second kappa shape index (κ2) is 5.41. The van der Waals surface area contributed by atoms with Gasteiger partial charge in [-0.3, -0.25) is 0 Å². The molecule has 0 bridgehead atoms. The van der Waals surface area contributed by atoms with Gasteiger partial charge in [-0.25, -0.2) is 0 Å². The van der Waals surface area contributed by atoms with E-state index < -0.39 is 0 Å². The molecule has 1 aromatic carbocycles. The van der Waals surface area contributed by atoms with Gasteiger partial charge in [0.1, 0.15) is 5.75 Å². The highest BCUT2D eigenvalue weighted by Crippen LogP contribution is 2.19. The Morgan fingerprint density at radius 1 is 1.31 bits per heavy atom. The van der Waals surface area contributed by atoms with Crippen molar-refractivity contribution >= 4 is 5.69 Å². The predicted octanol–water partition coefficient (Wildman–Crippen LogP) is 3.05. The zero-order chi connectivity index (χ0) is 12.0. The minimum atomic E-state index is -0.264. The molecule has 0 aliphatic heterocycles. The van der Waals surface area contributed by atoms with Crippen LogP contribution < -0.4 is 10.1 Å². The fourth-order valence-corrected chi connectivity index (χ4v) is 1.28. The first-order chi connectivity index (χ1) is 7.57. The number of hydrogen-bond donors (Lipinski definition) is 1. The first kappa shape index (κ1) is 12.4. The van der Waals surface area contributed by atoms with E-state index in [0.717, 1.165) is 24.4 Å². The van der Waals surface area contributed by atoms with Crippen LogP contribution in [0.15, 0.2) is 24.3 Å². The Morgan fingerprint density at radius 3 is 2.44 bits per heavy atom. The van der Waals surface area contributed by atoms with Crippen molar-refractivity contribution in [1.82, 2.24) is 0 Å². The number of methoxy groups -OCH3 is 1. The molecular weight excluding hydrogens is 200 g/mol. The molecule has 0 aliphatic rings. The summed E-state index contributed by atoms with van der Waals surface area (Å²) in [5.41, 5.74) is 0.786. The fraction of sp³-hybridized carbons (Fsp3) is 0.462. The Kier molecular flexibility index (Phi) is 4.19. The molecule has 0 unspecified atom stereocenters. The van der Waals surface area contributed by atoms with E-state index in [4.69, 9.17) is 10.00 Å². The van der Waals surface area contributed by atoms with Crippen LogP contribution in [0.5, 0.6) is 5.75 Å². The van der Waals surface area contributed by atoms with Crippen molar-refractivity contribution in [1.29, 1.82) is 5.26 Å². The minimum Gasteiger partial charge on any atom is -0.497 e. The number of rotatable bonds is 5. The summed E-state index contributed by atoms with van der Waals surface area (Å²) < 4.78 is 5.07. The molecule has 0 radical (unpaired) electrons. The molecule has 1 N–H and O–H groups in total. The van der Waals surface area contributed by atoms with E-state index in [-0.39, 0.29) is 5.41 Å². The standard InChI is InChI=1S/C13H18N2O/c1-13(2,10-14)8-9-15-11-4-6-12(16-3)7-5-11/h4-7,15H,8-9H2,1-3H3. The molecule has 3 heteroatoms. The molecule has 0 amide bonds. The van der Waals surface area contributed by atoms with Gasteiger partial charge in [0, 0.05) is 12.2 Å². The third-order valence-corrected chi connectivity index (χ3v) is 2.47.